The van der Waals surface area contributed by atoms with Gasteiger partial charge in [0.15, 0.2) is 0 Å². The van der Waals surface area contributed by atoms with Crippen LogP contribution >= 0.6 is 0 Å². The zero-order valence-electron chi connectivity index (χ0n) is 12.8. The van der Waals surface area contributed by atoms with Crippen LogP contribution in [0.4, 0.5) is 0 Å². The SMILES string of the molecule is CCCC[C@@H](CC)COCC(C)(CC)CCC. The molecule has 0 radical (unpaired) electrons. The first-order valence-electron chi connectivity index (χ1n) is 7.69. The molecule has 0 saturated heterocycles. The molecule has 0 aliphatic carbocycles. The number of rotatable bonds is 11. The highest BCUT2D eigenvalue weighted by molar-refractivity contribution is 4.71. The van der Waals surface area contributed by atoms with Crippen LogP contribution in [0.3, 0.4) is 0 Å². The van der Waals surface area contributed by atoms with Gasteiger partial charge in [-0.15, -0.1) is 0 Å². The molecule has 0 aromatic rings. The van der Waals surface area contributed by atoms with E-state index in [1.165, 1.54) is 44.9 Å². The lowest BCUT2D eigenvalue weighted by atomic mass is 9.84. The fourth-order valence-corrected chi connectivity index (χ4v) is 2.32. The first-order chi connectivity index (χ1) is 8.11. The van der Waals surface area contributed by atoms with Crippen LogP contribution < -0.4 is 0 Å². The third-order valence-corrected chi connectivity index (χ3v) is 4.05. The molecule has 0 rings (SSSR count). The summed E-state index contributed by atoms with van der Waals surface area (Å²) < 4.78 is 5.99. The highest BCUT2D eigenvalue weighted by Gasteiger charge is 2.21. The third kappa shape index (κ3) is 7.81. The summed E-state index contributed by atoms with van der Waals surface area (Å²) in [5.41, 5.74) is 0.401. The summed E-state index contributed by atoms with van der Waals surface area (Å²) in [6, 6.07) is 0. The monoisotopic (exact) mass is 242 g/mol. The second kappa shape index (κ2) is 9.94. The van der Waals surface area contributed by atoms with Crippen LogP contribution in [0.1, 0.15) is 79.6 Å². The van der Waals surface area contributed by atoms with Crippen molar-refractivity contribution in [3.8, 4) is 0 Å². The maximum atomic E-state index is 5.99. The van der Waals surface area contributed by atoms with Crippen molar-refractivity contribution in [1.82, 2.24) is 0 Å². The molecule has 0 heterocycles. The van der Waals surface area contributed by atoms with Crippen LogP contribution in [0.25, 0.3) is 0 Å². The van der Waals surface area contributed by atoms with Crippen molar-refractivity contribution < 1.29 is 4.74 Å². The van der Waals surface area contributed by atoms with Gasteiger partial charge in [-0.2, -0.15) is 0 Å². The van der Waals surface area contributed by atoms with Crippen LogP contribution in [0.5, 0.6) is 0 Å². The van der Waals surface area contributed by atoms with Gasteiger partial charge in [-0.25, -0.2) is 0 Å². The van der Waals surface area contributed by atoms with Gasteiger partial charge in [-0.1, -0.05) is 60.3 Å². The molecule has 0 aromatic heterocycles. The first kappa shape index (κ1) is 17.0. The molecule has 104 valence electrons. The first-order valence-corrected chi connectivity index (χ1v) is 7.69. The lowest BCUT2D eigenvalue weighted by Crippen LogP contribution is -2.24. The standard InChI is InChI=1S/C16H34O/c1-6-10-11-15(8-3)13-17-14-16(5,9-4)12-7-2/h15H,6-14H2,1-5H3/t15-,16?/m1/s1. The minimum Gasteiger partial charge on any atom is -0.381 e. The Morgan fingerprint density at radius 3 is 2.24 bits per heavy atom. The molecule has 0 bridgehead atoms. The van der Waals surface area contributed by atoms with Gasteiger partial charge in [0.2, 0.25) is 0 Å². The van der Waals surface area contributed by atoms with E-state index in [4.69, 9.17) is 4.74 Å². The molecule has 0 aliphatic heterocycles. The molecule has 0 fully saturated rings. The molecule has 1 heteroatoms. The number of hydrogen-bond acceptors (Lipinski definition) is 1. The molecule has 0 saturated carbocycles. The Labute approximate surface area is 109 Å². The number of hydrogen-bond donors (Lipinski definition) is 0. The predicted molar refractivity (Wildman–Crippen MR) is 77.4 cm³/mol. The largest absolute Gasteiger partial charge is 0.381 e. The lowest BCUT2D eigenvalue weighted by Gasteiger charge is -2.28. The fourth-order valence-electron chi connectivity index (χ4n) is 2.32. The van der Waals surface area contributed by atoms with E-state index in [2.05, 4.69) is 34.6 Å². The Balaban J connectivity index is 3.84. The van der Waals surface area contributed by atoms with Gasteiger partial charge < -0.3 is 4.74 Å². The molecule has 1 unspecified atom stereocenters. The van der Waals surface area contributed by atoms with Crippen molar-refractivity contribution in [3.05, 3.63) is 0 Å². The smallest absolute Gasteiger partial charge is 0.0519 e. The maximum absolute atomic E-state index is 5.99. The summed E-state index contributed by atoms with van der Waals surface area (Å²) in [6.07, 6.45) is 9.03. The lowest BCUT2D eigenvalue weighted by molar-refractivity contribution is 0.0234. The van der Waals surface area contributed by atoms with Crippen molar-refractivity contribution in [1.29, 1.82) is 0 Å². The van der Waals surface area contributed by atoms with E-state index in [9.17, 15) is 0 Å². The minimum atomic E-state index is 0.401. The molecule has 2 atom stereocenters. The normalized spacial score (nSPS) is 16.8. The molecule has 0 spiro atoms. The molecule has 0 aromatic carbocycles. The summed E-state index contributed by atoms with van der Waals surface area (Å²) in [7, 11) is 0. The number of ether oxygens (including phenoxy) is 1. The zero-order chi connectivity index (χ0) is 13.1. The fraction of sp³-hybridized carbons (Fsp3) is 1.00. The molecule has 1 nitrogen and oxygen atoms in total. The van der Waals surface area contributed by atoms with Crippen molar-refractivity contribution in [2.75, 3.05) is 13.2 Å². The van der Waals surface area contributed by atoms with Crippen molar-refractivity contribution in [2.45, 2.75) is 79.6 Å². The van der Waals surface area contributed by atoms with Crippen LogP contribution in [0.15, 0.2) is 0 Å². The molecule has 0 aliphatic rings. The van der Waals surface area contributed by atoms with Crippen LogP contribution in [-0.4, -0.2) is 13.2 Å². The Kier molecular flexibility index (Phi) is 9.91. The van der Waals surface area contributed by atoms with E-state index in [0.717, 1.165) is 19.1 Å². The second-order valence-corrected chi connectivity index (χ2v) is 5.85. The highest BCUT2D eigenvalue weighted by atomic mass is 16.5. The van der Waals surface area contributed by atoms with Gasteiger partial charge in [-0.3, -0.25) is 0 Å². The Morgan fingerprint density at radius 1 is 1.06 bits per heavy atom. The quantitative estimate of drug-likeness (QED) is 0.469. The van der Waals surface area contributed by atoms with E-state index < -0.39 is 0 Å². The van der Waals surface area contributed by atoms with Gasteiger partial charge in [0.1, 0.15) is 0 Å². The van der Waals surface area contributed by atoms with Gasteiger partial charge in [0.25, 0.3) is 0 Å². The van der Waals surface area contributed by atoms with E-state index in [0.29, 0.717) is 5.41 Å². The Morgan fingerprint density at radius 2 is 1.76 bits per heavy atom. The molecule has 0 amide bonds. The minimum absolute atomic E-state index is 0.401. The Hall–Kier alpha value is -0.0400. The number of unbranched alkanes of at least 4 members (excludes halogenated alkanes) is 1. The summed E-state index contributed by atoms with van der Waals surface area (Å²) >= 11 is 0. The van der Waals surface area contributed by atoms with Crippen molar-refractivity contribution >= 4 is 0 Å². The van der Waals surface area contributed by atoms with Crippen molar-refractivity contribution in [3.63, 3.8) is 0 Å². The average molecular weight is 242 g/mol. The summed E-state index contributed by atoms with van der Waals surface area (Å²) in [5, 5.41) is 0. The maximum Gasteiger partial charge on any atom is 0.0519 e. The highest BCUT2D eigenvalue weighted by Crippen LogP contribution is 2.28. The van der Waals surface area contributed by atoms with Crippen LogP contribution in [-0.2, 0) is 4.74 Å². The van der Waals surface area contributed by atoms with Crippen LogP contribution in [0.2, 0.25) is 0 Å². The summed E-state index contributed by atoms with van der Waals surface area (Å²) in [5.74, 6) is 0.776. The summed E-state index contributed by atoms with van der Waals surface area (Å²) in [6.45, 7) is 13.4. The predicted octanol–water partition coefficient (Wildman–Crippen LogP) is 5.44. The second-order valence-electron chi connectivity index (χ2n) is 5.85. The molecular formula is C16H34O. The summed E-state index contributed by atoms with van der Waals surface area (Å²) in [4.78, 5) is 0. The average Bonchev–Trinajstić information content (AvgIpc) is 2.34. The van der Waals surface area contributed by atoms with Gasteiger partial charge in [-0.05, 0) is 30.6 Å². The topological polar surface area (TPSA) is 9.23 Å². The Bertz CT molecular complexity index is 167. The van der Waals surface area contributed by atoms with Gasteiger partial charge in [0, 0.05) is 6.61 Å². The van der Waals surface area contributed by atoms with Gasteiger partial charge >= 0.3 is 0 Å². The molecular weight excluding hydrogens is 208 g/mol. The van der Waals surface area contributed by atoms with Gasteiger partial charge in [0.05, 0.1) is 6.61 Å². The molecule has 17 heavy (non-hydrogen) atoms. The van der Waals surface area contributed by atoms with E-state index in [1.807, 2.05) is 0 Å². The third-order valence-electron chi connectivity index (χ3n) is 4.05. The van der Waals surface area contributed by atoms with Crippen LogP contribution in [0, 0.1) is 11.3 Å². The zero-order valence-corrected chi connectivity index (χ0v) is 12.8. The van der Waals surface area contributed by atoms with E-state index in [1.54, 1.807) is 0 Å². The van der Waals surface area contributed by atoms with E-state index >= 15 is 0 Å². The van der Waals surface area contributed by atoms with E-state index in [-0.39, 0.29) is 0 Å². The molecule has 0 N–H and O–H groups in total. The van der Waals surface area contributed by atoms with Crippen molar-refractivity contribution in [2.24, 2.45) is 11.3 Å².